The van der Waals surface area contributed by atoms with Crippen molar-refractivity contribution in [3.05, 3.63) is 111 Å². The number of fused-ring (bicyclic) bond motifs is 2. The Labute approximate surface area is 265 Å². The van der Waals surface area contributed by atoms with Crippen molar-refractivity contribution in [2.75, 3.05) is 42.9 Å². The molecule has 11 heteroatoms. The van der Waals surface area contributed by atoms with Crippen LogP contribution in [0.25, 0.3) is 16.5 Å². The van der Waals surface area contributed by atoms with Gasteiger partial charge in [-0.1, -0.05) is 54.1 Å². The largest absolute Gasteiger partial charge is 0.497 e. The fraction of sp³-hybridized carbons (Fsp3) is 0.235. The number of hydrogen-bond donors (Lipinski definition) is 1. The van der Waals surface area contributed by atoms with Crippen LogP contribution in [0.15, 0.2) is 83.7 Å². The van der Waals surface area contributed by atoms with E-state index >= 15 is 0 Å². The minimum Gasteiger partial charge on any atom is -0.497 e. The van der Waals surface area contributed by atoms with E-state index in [2.05, 4.69) is 14.9 Å². The first kappa shape index (κ1) is 28.7. The molecule has 2 aliphatic rings. The summed E-state index contributed by atoms with van der Waals surface area (Å²) in [6, 6.07) is 24.6. The highest BCUT2D eigenvalue weighted by atomic mass is 35.5. The average molecular weight is 622 g/mol. The zero-order chi connectivity index (χ0) is 31.2. The molecule has 0 radical (unpaired) electrons. The number of aromatic nitrogens is 3. The van der Waals surface area contributed by atoms with Gasteiger partial charge in [-0.25, -0.2) is 0 Å². The first-order valence-electron chi connectivity index (χ1n) is 14.8. The Morgan fingerprint density at radius 1 is 0.978 bits per heavy atom. The van der Waals surface area contributed by atoms with Crippen LogP contribution >= 0.6 is 11.6 Å². The molecule has 1 saturated heterocycles. The second kappa shape index (κ2) is 11.4. The number of pyridine rings is 1. The molecule has 1 amide bonds. The van der Waals surface area contributed by atoms with E-state index in [0.717, 1.165) is 40.9 Å². The monoisotopic (exact) mass is 621 g/mol. The normalized spacial score (nSPS) is 16.4. The molecule has 7 rings (SSSR count). The molecular weight excluding hydrogens is 590 g/mol. The number of rotatable bonds is 6. The highest BCUT2D eigenvalue weighted by Gasteiger charge is 2.38. The third-order valence-electron chi connectivity index (χ3n) is 8.57. The summed E-state index contributed by atoms with van der Waals surface area (Å²) in [6.45, 7) is 1.47. The summed E-state index contributed by atoms with van der Waals surface area (Å²) in [7, 11) is 3.41. The van der Waals surface area contributed by atoms with Crippen molar-refractivity contribution in [2.45, 2.75) is 25.4 Å². The van der Waals surface area contributed by atoms with Gasteiger partial charge in [0, 0.05) is 31.5 Å². The molecule has 2 aliphatic heterocycles. The first-order chi connectivity index (χ1) is 21.8. The molecule has 10 nitrogen and oxygen atoms in total. The summed E-state index contributed by atoms with van der Waals surface area (Å²) in [4.78, 5) is 43.1. The third-order valence-corrected chi connectivity index (χ3v) is 8.88. The predicted molar refractivity (Wildman–Crippen MR) is 176 cm³/mol. The van der Waals surface area contributed by atoms with E-state index < -0.39 is 0 Å². The van der Waals surface area contributed by atoms with Crippen LogP contribution in [0.3, 0.4) is 0 Å². The lowest BCUT2D eigenvalue weighted by molar-refractivity contribution is 0.0780. The number of nitrogens with zero attached hydrogens (tertiary/aromatic N) is 6. The molecule has 4 heterocycles. The molecule has 0 bridgehead atoms. The van der Waals surface area contributed by atoms with Crippen LogP contribution in [-0.4, -0.2) is 52.7 Å². The Morgan fingerprint density at radius 2 is 1.73 bits per heavy atom. The molecule has 2 N–H and O–H groups in total. The van der Waals surface area contributed by atoms with E-state index in [1.54, 1.807) is 29.7 Å². The highest BCUT2D eigenvalue weighted by Crippen LogP contribution is 2.42. The Hall–Kier alpha value is -5.09. The second-order valence-corrected chi connectivity index (χ2v) is 11.8. The first-order valence-corrected chi connectivity index (χ1v) is 15.2. The number of nitrogens with two attached hydrogens (primary N) is 1. The van der Waals surface area contributed by atoms with Crippen molar-refractivity contribution in [2.24, 2.45) is 0 Å². The number of carbonyl (C=O) groups excluding carboxylic acids is 1. The lowest BCUT2D eigenvalue weighted by atomic mass is 10.0. The van der Waals surface area contributed by atoms with Crippen molar-refractivity contribution in [3.8, 4) is 11.4 Å². The van der Waals surface area contributed by atoms with Crippen molar-refractivity contribution in [1.82, 2.24) is 19.4 Å². The Morgan fingerprint density at radius 3 is 2.49 bits per heavy atom. The zero-order valence-electron chi connectivity index (χ0n) is 25.0. The number of benzene rings is 3. The van der Waals surface area contributed by atoms with Gasteiger partial charge in [-0.2, -0.15) is 9.97 Å². The maximum absolute atomic E-state index is 14.1. The number of anilines is 3. The number of halogens is 1. The third kappa shape index (κ3) is 5.01. The average Bonchev–Trinajstić information content (AvgIpc) is 3.54. The molecule has 0 aliphatic carbocycles. The number of hydrogen-bond acceptors (Lipinski definition) is 8. The molecule has 45 heavy (non-hydrogen) atoms. The summed E-state index contributed by atoms with van der Waals surface area (Å²) in [5, 5.41) is 1.62. The number of para-hydroxylation sites is 1. The van der Waals surface area contributed by atoms with Crippen LogP contribution in [0.5, 0.6) is 5.75 Å². The minimum atomic E-state index is -0.269. The number of ether oxygens (including phenoxy) is 1. The standard InChI is InChI=1S/C34H32ClN7O3/c1-39-20-40(19-21-13-15-24(45-2)16-14-21)30-29(32(39)43)31(38-34(36)37-30)41-17-7-12-26(41)27-18-22-8-6-11-25(35)28(22)33(44)42(27)23-9-4-3-5-10-23/h3-6,8-11,13-16,18,26H,7,12,17,19-20H2,1-2H3,(H2,36,37,38). The molecule has 0 saturated carbocycles. The molecule has 5 aromatic rings. The highest BCUT2D eigenvalue weighted by molar-refractivity contribution is 6.35. The number of methoxy groups -OCH3 is 1. The van der Waals surface area contributed by atoms with E-state index in [9.17, 15) is 9.59 Å². The van der Waals surface area contributed by atoms with Crippen molar-refractivity contribution >= 4 is 45.9 Å². The van der Waals surface area contributed by atoms with Crippen LogP contribution in [0.4, 0.5) is 17.6 Å². The van der Waals surface area contributed by atoms with Gasteiger partial charge in [0.1, 0.15) is 17.1 Å². The Kier molecular flexibility index (Phi) is 7.29. The molecule has 228 valence electrons. The topological polar surface area (TPSA) is 110 Å². The molecule has 1 atom stereocenters. The Balaban J connectivity index is 1.37. The van der Waals surface area contributed by atoms with Gasteiger partial charge >= 0.3 is 0 Å². The molecule has 1 unspecified atom stereocenters. The van der Waals surface area contributed by atoms with E-state index in [-0.39, 0.29) is 23.5 Å². The molecular formula is C34H32ClN7O3. The summed E-state index contributed by atoms with van der Waals surface area (Å²) in [5.74, 6) is 1.63. The van der Waals surface area contributed by atoms with Gasteiger partial charge in [0.15, 0.2) is 5.82 Å². The maximum atomic E-state index is 14.1. The smallest absolute Gasteiger partial charge is 0.264 e. The van der Waals surface area contributed by atoms with Gasteiger partial charge in [0.25, 0.3) is 11.5 Å². The van der Waals surface area contributed by atoms with Gasteiger partial charge in [0.2, 0.25) is 5.95 Å². The van der Waals surface area contributed by atoms with E-state index in [1.807, 2.05) is 77.7 Å². The van der Waals surface area contributed by atoms with Crippen molar-refractivity contribution < 1.29 is 9.53 Å². The van der Waals surface area contributed by atoms with Crippen LogP contribution < -0.4 is 25.8 Å². The van der Waals surface area contributed by atoms with Crippen LogP contribution in [0.2, 0.25) is 5.02 Å². The molecule has 0 spiro atoms. The summed E-state index contributed by atoms with van der Waals surface area (Å²) >= 11 is 6.56. The number of nitrogen functional groups attached to an aromatic ring is 1. The number of carbonyl (C=O) groups is 1. The fourth-order valence-electron chi connectivity index (χ4n) is 6.49. The van der Waals surface area contributed by atoms with Crippen LogP contribution in [0, 0.1) is 0 Å². The van der Waals surface area contributed by atoms with Crippen molar-refractivity contribution in [3.63, 3.8) is 0 Å². The van der Waals surface area contributed by atoms with Gasteiger partial charge in [-0.3, -0.25) is 14.2 Å². The van der Waals surface area contributed by atoms with Gasteiger partial charge in [-0.05, 0) is 60.2 Å². The predicted octanol–water partition coefficient (Wildman–Crippen LogP) is 5.42. The van der Waals surface area contributed by atoms with Crippen LogP contribution in [0.1, 0.15) is 40.5 Å². The minimum absolute atomic E-state index is 0.0808. The Bertz CT molecular complexity index is 1980. The second-order valence-electron chi connectivity index (χ2n) is 11.4. The zero-order valence-corrected chi connectivity index (χ0v) is 25.7. The lowest BCUT2D eigenvalue weighted by Crippen LogP contribution is -2.46. The van der Waals surface area contributed by atoms with Gasteiger partial charge < -0.3 is 25.2 Å². The van der Waals surface area contributed by atoms with E-state index in [0.29, 0.717) is 47.4 Å². The van der Waals surface area contributed by atoms with E-state index in [4.69, 9.17) is 22.1 Å². The summed E-state index contributed by atoms with van der Waals surface area (Å²) < 4.78 is 7.05. The van der Waals surface area contributed by atoms with Crippen molar-refractivity contribution in [1.29, 1.82) is 0 Å². The lowest BCUT2D eigenvalue weighted by Gasteiger charge is -2.38. The van der Waals surface area contributed by atoms with Gasteiger partial charge in [-0.15, -0.1) is 0 Å². The van der Waals surface area contributed by atoms with Gasteiger partial charge in [0.05, 0.1) is 30.2 Å². The SMILES string of the molecule is COc1ccc(CN2CN(C)C(=O)c3c2nc(N)nc3N2CCCC2c2cc3cccc(Cl)c3c(=O)n2-c2ccccc2)cc1. The quantitative estimate of drug-likeness (QED) is 0.268. The van der Waals surface area contributed by atoms with Crippen LogP contribution in [-0.2, 0) is 6.54 Å². The van der Waals surface area contributed by atoms with E-state index in [1.165, 1.54) is 0 Å². The fourth-order valence-corrected chi connectivity index (χ4v) is 6.75. The number of amides is 1. The molecule has 3 aromatic carbocycles. The molecule has 1 fully saturated rings. The maximum Gasteiger partial charge on any atom is 0.264 e. The summed E-state index contributed by atoms with van der Waals surface area (Å²) in [6.07, 6.45) is 1.58. The molecule has 2 aromatic heterocycles. The summed E-state index contributed by atoms with van der Waals surface area (Å²) in [5.41, 5.74) is 9.11.